The summed E-state index contributed by atoms with van der Waals surface area (Å²) in [6.07, 6.45) is 0. The molecular formula is C16H23BrN2O4S. The van der Waals surface area contributed by atoms with Crippen LogP contribution in [-0.4, -0.2) is 57.2 Å². The summed E-state index contributed by atoms with van der Waals surface area (Å²) in [5.74, 6) is -0.295. The molecule has 1 aliphatic rings. The molecule has 0 saturated carbocycles. The molecule has 1 aromatic carbocycles. The maximum absolute atomic E-state index is 12.5. The number of ether oxygens (including phenoxy) is 1. The van der Waals surface area contributed by atoms with E-state index in [0.717, 1.165) is 10.0 Å². The van der Waals surface area contributed by atoms with Crippen molar-refractivity contribution in [2.45, 2.75) is 19.3 Å². The summed E-state index contributed by atoms with van der Waals surface area (Å²) in [4.78, 5) is 12.5. The SMILES string of the molecule is CC(C)(C(=O)NCCS(=O)(=O)N1CCOCC1)c1ccc(Br)cc1. The molecule has 1 aromatic rings. The number of halogens is 1. The van der Waals surface area contributed by atoms with E-state index in [-0.39, 0.29) is 18.2 Å². The van der Waals surface area contributed by atoms with Gasteiger partial charge in [-0.05, 0) is 31.5 Å². The molecule has 1 aliphatic heterocycles. The Morgan fingerprint density at radius 3 is 2.42 bits per heavy atom. The van der Waals surface area contributed by atoms with Gasteiger partial charge in [0.15, 0.2) is 0 Å². The zero-order chi connectivity index (χ0) is 17.8. The Bertz CT molecular complexity index is 668. The third kappa shape index (κ3) is 4.78. The number of morpholine rings is 1. The fraction of sp³-hybridized carbons (Fsp3) is 0.562. The van der Waals surface area contributed by atoms with E-state index in [4.69, 9.17) is 4.74 Å². The topological polar surface area (TPSA) is 75.7 Å². The van der Waals surface area contributed by atoms with Crippen molar-refractivity contribution in [1.82, 2.24) is 9.62 Å². The lowest BCUT2D eigenvalue weighted by Gasteiger charge is -2.27. The number of hydrogen-bond donors (Lipinski definition) is 1. The number of carbonyl (C=O) groups excluding carboxylic acids is 1. The van der Waals surface area contributed by atoms with Crippen molar-refractivity contribution >= 4 is 31.9 Å². The number of nitrogens with one attached hydrogen (secondary N) is 1. The largest absolute Gasteiger partial charge is 0.379 e. The minimum atomic E-state index is -3.36. The van der Waals surface area contributed by atoms with E-state index in [9.17, 15) is 13.2 Å². The fourth-order valence-electron chi connectivity index (χ4n) is 2.47. The van der Waals surface area contributed by atoms with Gasteiger partial charge in [-0.1, -0.05) is 28.1 Å². The third-order valence-corrected chi connectivity index (χ3v) is 6.54. The van der Waals surface area contributed by atoms with Gasteiger partial charge >= 0.3 is 0 Å². The highest BCUT2D eigenvalue weighted by molar-refractivity contribution is 9.10. The van der Waals surface area contributed by atoms with Crippen molar-refractivity contribution in [3.63, 3.8) is 0 Å². The van der Waals surface area contributed by atoms with Gasteiger partial charge in [0.05, 0.1) is 24.4 Å². The van der Waals surface area contributed by atoms with Gasteiger partial charge in [0.1, 0.15) is 0 Å². The first-order valence-corrected chi connectivity index (χ1v) is 10.2. The van der Waals surface area contributed by atoms with Gasteiger partial charge in [0, 0.05) is 24.1 Å². The van der Waals surface area contributed by atoms with Crippen molar-refractivity contribution in [2.24, 2.45) is 0 Å². The normalized spacial score (nSPS) is 16.8. The predicted molar refractivity (Wildman–Crippen MR) is 96.4 cm³/mol. The van der Waals surface area contributed by atoms with E-state index in [1.807, 2.05) is 38.1 Å². The molecule has 24 heavy (non-hydrogen) atoms. The lowest BCUT2D eigenvalue weighted by atomic mass is 9.84. The van der Waals surface area contributed by atoms with Gasteiger partial charge in [0.2, 0.25) is 15.9 Å². The maximum Gasteiger partial charge on any atom is 0.230 e. The third-order valence-electron chi connectivity index (χ3n) is 4.14. The summed E-state index contributed by atoms with van der Waals surface area (Å²) in [7, 11) is -3.36. The molecule has 0 aliphatic carbocycles. The van der Waals surface area contributed by atoms with Gasteiger partial charge < -0.3 is 10.1 Å². The zero-order valence-electron chi connectivity index (χ0n) is 13.9. The fourth-order valence-corrected chi connectivity index (χ4v) is 4.05. The molecule has 1 fully saturated rings. The van der Waals surface area contributed by atoms with E-state index in [1.54, 1.807) is 0 Å². The average molecular weight is 419 g/mol. The summed E-state index contributed by atoms with van der Waals surface area (Å²) in [6.45, 7) is 5.33. The number of sulfonamides is 1. The van der Waals surface area contributed by atoms with E-state index >= 15 is 0 Å². The molecule has 8 heteroatoms. The second-order valence-corrected chi connectivity index (χ2v) is 9.22. The van der Waals surface area contributed by atoms with Crippen LogP contribution < -0.4 is 5.32 Å². The summed E-state index contributed by atoms with van der Waals surface area (Å²) in [6, 6.07) is 7.53. The lowest BCUT2D eigenvalue weighted by Crippen LogP contribution is -2.46. The van der Waals surface area contributed by atoms with Gasteiger partial charge in [0.25, 0.3) is 0 Å². The first-order chi connectivity index (χ1) is 11.2. The number of hydrogen-bond acceptors (Lipinski definition) is 4. The van der Waals surface area contributed by atoms with Crippen molar-refractivity contribution in [2.75, 3.05) is 38.6 Å². The summed E-state index contributed by atoms with van der Waals surface area (Å²) in [5.41, 5.74) is 0.142. The molecular weight excluding hydrogens is 396 g/mol. The van der Waals surface area contributed by atoms with Crippen LogP contribution >= 0.6 is 15.9 Å². The van der Waals surface area contributed by atoms with Gasteiger partial charge in [-0.2, -0.15) is 4.31 Å². The minimum absolute atomic E-state index is 0.0957. The monoisotopic (exact) mass is 418 g/mol. The smallest absolute Gasteiger partial charge is 0.230 e. The van der Waals surface area contributed by atoms with Crippen LogP contribution in [0.4, 0.5) is 0 Å². The molecule has 0 radical (unpaired) electrons. The van der Waals surface area contributed by atoms with Gasteiger partial charge in [-0.3, -0.25) is 4.79 Å². The highest BCUT2D eigenvalue weighted by atomic mass is 79.9. The first-order valence-electron chi connectivity index (χ1n) is 7.83. The van der Waals surface area contributed by atoms with Gasteiger partial charge in [-0.15, -0.1) is 0 Å². The second-order valence-electron chi connectivity index (χ2n) is 6.22. The second kappa shape index (κ2) is 7.95. The van der Waals surface area contributed by atoms with E-state index < -0.39 is 15.4 Å². The van der Waals surface area contributed by atoms with Crippen molar-refractivity contribution in [3.8, 4) is 0 Å². The van der Waals surface area contributed by atoms with E-state index in [1.165, 1.54) is 4.31 Å². The van der Waals surface area contributed by atoms with Crippen molar-refractivity contribution < 1.29 is 17.9 Å². The number of carbonyl (C=O) groups is 1. The zero-order valence-corrected chi connectivity index (χ0v) is 16.3. The highest BCUT2D eigenvalue weighted by Gasteiger charge is 2.30. The minimum Gasteiger partial charge on any atom is -0.379 e. The molecule has 0 unspecified atom stereocenters. The lowest BCUT2D eigenvalue weighted by molar-refractivity contribution is -0.125. The molecule has 0 atom stereocenters. The number of nitrogens with zero attached hydrogens (tertiary/aromatic N) is 1. The molecule has 0 bridgehead atoms. The first kappa shape index (κ1) is 19.4. The molecule has 2 rings (SSSR count). The van der Waals surface area contributed by atoms with Crippen molar-refractivity contribution in [1.29, 1.82) is 0 Å². The standard InChI is InChI=1S/C16H23BrN2O4S/c1-16(2,13-3-5-14(17)6-4-13)15(20)18-7-12-24(21,22)19-8-10-23-11-9-19/h3-6H,7-12H2,1-2H3,(H,18,20). The Morgan fingerprint density at radius 1 is 1.25 bits per heavy atom. The maximum atomic E-state index is 12.5. The molecule has 1 amide bonds. The van der Waals surface area contributed by atoms with Gasteiger partial charge in [-0.25, -0.2) is 8.42 Å². The molecule has 1 N–H and O–H groups in total. The molecule has 6 nitrogen and oxygen atoms in total. The summed E-state index contributed by atoms with van der Waals surface area (Å²) >= 11 is 3.37. The Kier molecular flexibility index (Phi) is 6.41. The van der Waals surface area contributed by atoms with Crippen LogP contribution in [0.3, 0.4) is 0 Å². The van der Waals surface area contributed by atoms with E-state index in [2.05, 4.69) is 21.2 Å². The van der Waals surface area contributed by atoms with Crippen LogP contribution in [0, 0.1) is 0 Å². The van der Waals surface area contributed by atoms with Crippen LogP contribution in [-0.2, 0) is 25.0 Å². The Morgan fingerprint density at radius 2 is 1.83 bits per heavy atom. The van der Waals surface area contributed by atoms with Crippen LogP contribution in [0.15, 0.2) is 28.7 Å². The molecule has 0 spiro atoms. The summed E-state index contributed by atoms with van der Waals surface area (Å²) in [5, 5.41) is 2.74. The van der Waals surface area contributed by atoms with Crippen LogP contribution in [0.5, 0.6) is 0 Å². The molecule has 1 heterocycles. The number of rotatable bonds is 6. The average Bonchev–Trinajstić information content (AvgIpc) is 2.56. The Balaban J connectivity index is 1.91. The Hall–Kier alpha value is -0.960. The summed E-state index contributed by atoms with van der Waals surface area (Å²) < 4.78 is 32.0. The van der Waals surface area contributed by atoms with Crippen LogP contribution in [0.25, 0.3) is 0 Å². The highest BCUT2D eigenvalue weighted by Crippen LogP contribution is 2.25. The predicted octanol–water partition coefficient (Wildman–Crippen LogP) is 1.50. The molecule has 1 saturated heterocycles. The van der Waals surface area contributed by atoms with Crippen molar-refractivity contribution in [3.05, 3.63) is 34.3 Å². The van der Waals surface area contributed by atoms with E-state index in [0.29, 0.717) is 26.3 Å². The van der Waals surface area contributed by atoms with Crippen LogP contribution in [0.2, 0.25) is 0 Å². The quantitative estimate of drug-likeness (QED) is 0.759. The van der Waals surface area contributed by atoms with Crippen LogP contribution in [0.1, 0.15) is 19.4 Å². The number of amides is 1. The Labute approximate surface area is 151 Å². The molecule has 134 valence electrons. The molecule has 0 aromatic heterocycles. The number of benzene rings is 1.